The Morgan fingerprint density at radius 1 is 0.565 bits per heavy atom. The van der Waals surface area contributed by atoms with Crippen molar-refractivity contribution in [3.63, 3.8) is 0 Å². The summed E-state index contributed by atoms with van der Waals surface area (Å²) in [6, 6.07) is 0. The van der Waals surface area contributed by atoms with Crippen molar-refractivity contribution in [2.24, 2.45) is 0 Å². The van der Waals surface area contributed by atoms with Crippen LogP contribution < -0.4 is 0 Å². The van der Waals surface area contributed by atoms with Crippen LogP contribution in [0, 0.1) is 0 Å². The van der Waals surface area contributed by atoms with E-state index < -0.39 is 35.4 Å². The standard InChI is InChI=1S/C16H18O7/c1-8(2)12(17)21-15(20)11(7)16(22-13(18)9(3)4)23-14(19)10(5)6/h1,3,5H2,2,4,6-7H3. The Morgan fingerprint density at radius 2 is 0.870 bits per heavy atom. The van der Waals surface area contributed by atoms with E-state index in [1.54, 1.807) is 0 Å². The van der Waals surface area contributed by atoms with Gasteiger partial charge in [-0.1, -0.05) is 19.7 Å². The van der Waals surface area contributed by atoms with Gasteiger partial charge in [0.15, 0.2) is 0 Å². The molecule has 0 aromatic rings. The molecule has 0 atom stereocenters. The van der Waals surface area contributed by atoms with Crippen molar-refractivity contribution >= 4 is 23.9 Å². The summed E-state index contributed by atoms with van der Waals surface area (Å²) in [6.45, 7) is 15.3. The summed E-state index contributed by atoms with van der Waals surface area (Å²) in [7, 11) is 0. The van der Waals surface area contributed by atoms with Gasteiger partial charge in [0.1, 0.15) is 5.57 Å². The minimum absolute atomic E-state index is 0.00746. The van der Waals surface area contributed by atoms with E-state index in [4.69, 9.17) is 9.47 Å². The molecule has 0 N–H and O–H groups in total. The summed E-state index contributed by atoms with van der Waals surface area (Å²) in [4.78, 5) is 46.3. The number of esters is 4. The van der Waals surface area contributed by atoms with Crippen molar-refractivity contribution in [2.45, 2.75) is 27.7 Å². The molecule has 7 nitrogen and oxygen atoms in total. The number of hydrogen-bond acceptors (Lipinski definition) is 7. The lowest BCUT2D eigenvalue weighted by molar-refractivity contribution is -0.154. The van der Waals surface area contributed by atoms with Crippen molar-refractivity contribution in [3.05, 3.63) is 48.0 Å². The first-order valence-electron chi connectivity index (χ1n) is 6.35. The van der Waals surface area contributed by atoms with Gasteiger partial charge in [0.05, 0.1) is 0 Å². The predicted molar refractivity (Wildman–Crippen MR) is 80.4 cm³/mol. The highest BCUT2D eigenvalue weighted by atomic mass is 16.7. The summed E-state index contributed by atoms with van der Waals surface area (Å²) in [5.41, 5.74) is -0.393. The Morgan fingerprint density at radius 3 is 1.17 bits per heavy atom. The van der Waals surface area contributed by atoms with E-state index in [0.29, 0.717) is 0 Å². The quantitative estimate of drug-likeness (QED) is 0.320. The minimum atomic E-state index is -1.16. The van der Waals surface area contributed by atoms with Crippen LogP contribution in [0.4, 0.5) is 0 Å². The van der Waals surface area contributed by atoms with Crippen LogP contribution >= 0.6 is 0 Å². The molecule has 0 aliphatic rings. The third-order valence-electron chi connectivity index (χ3n) is 2.21. The van der Waals surface area contributed by atoms with Gasteiger partial charge < -0.3 is 14.2 Å². The summed E-state index contributed by atoms with van der Waals surface area (Å²) < 4.78 is 14.0. The molecule has 0 amide bonds. The molecule has 0 aliphatic heterocycles. The second kappa shape index (κ2) is 8.47. The molecule has 0 radical (unpaired) electrons. The third kappa shape index (κ3) is 6.56. The molecule has 0 rings (SSSR count). The average Bonchev–Trinajstić information content (AvgIpc) is 2.44. The van der Waals surface area contributed by atoms with Gasteiger partial charge in [0, 0.05) is 16.7 Å². The second-order valence-corrected chi connectivity index (χ2v) is 4.71. The van der Waals surface area contributed by atoms with Crippen molar-refractivity contribution in [1.82, 2.24) is 0 Å². The highest BCUT2D eigenvalue weighted by Crippen LogP contribution is 2.14. The molecule has 0 bridgehead atoms. The summed E-state index contributed by atoms with van der Waals surface area (Å²) in [6.07, 6.45) is 0. The maximum Gasteiger partial charge on any atom is 0.348 e. The Kier molecular flexibility index (Phi) is 7.38. The predicted octanol–water partition coefficient (Wildman–Crippen LogP) is 2.10. The fourth-order valence-electron chi connectivity index (χ4n) is 0.848. The first-order valence-corrected chi connectivity index (χ1v) is 6.35. The van der Waals surface area contributed by atoms with Crippen LogP contribution in [0.2, 0.25) is 0 Å². The van der Waals surface area contributed by atoms with Crippen LogP contribution in [0.5, 0.6) is 0 Å². The normalized spacial score (nSPS) is 9.22. The molecule has 0 fully saturated rings. The zero-order chi connectivity index (χ0) is 18.3. The first kappa shape index (κ1) is 20.0. The lowest BCUT2D eigenvalue weighted by Gasteiger charge is -2.12. The zero-order valence-electron chi connectivity index (χ0n) is 13.5. The summed E-state index contributed by atoms with van der Waals surface area (Å²) >= 11 is 0. The lowest BCUT2D eigenvalue weighted by atomic mass is 10.3. The molecule has 0 aromatic carbocycles. The summed E-state index contributed by atoms with van der Waals surface area (Å²) in [5, 5.41) is 0. The Bertz CT molecular complexity index is 605. The Labute approximate surface area is 133 Å². The van der Waals surface area contributed by atoms with E-state index >= 15 is 0 Å². The second-order valence-electron chi connectivity index (χ2n) is 4.71. The maximum absolute atomic E-state index is 11.8. The third-order valence-corrected chi connectivity index (χ3v) is 2.21. The molecule has 0 unspecified atom stereocenters. The van der Waals surface area contributed by atoms with Gasteiger partial charge >= 0.3 is 29.8 Å². The Hall–Kier alpha value is -2.96. The fraction of sp³-hybridized carbons (Fsp3) is 0.250. The highest BCUT2D eigenvalue weighted by Gasteiger charge is 2.24. The molecular weight excluding hydrogens is 304 g/mol. The van der Waals surface area contributed by atoms with Gasteiger partial charge in [0.2, 0.25) is 0 Å². The van der Waals surface area contributed by atoms with E-state index in [0.717, 1.165) is 6.92 Å². The largest absolute Gasteiger partial charge is 0.389 e. The molecule has 0 heterocycles. The Balaban J connectivity index is 5.54. The highest BCUT2D eigenvalue weighted by molar-refractivity contribution is 6.01. The molecule has 0 spiro atoms. The number of carbonyl (C=O) groups excluding carboxylic acids is 4. The molecular formula is C16H18O7. The van der Waals surface area contributed by atoms with Gasteiger partial charge in [0.25, 0.3) is 0 Å². The van der Waals surface area contributed by atoms with Crippen LogP contribution in [-0.2, 0) is 33.4 Å². The number of carbonyl (C=O) groups is 4. The fourth-order valence-corrected chi connectivity index (χ4v) is 0.848. The SMILES string of the molecule is C=C(C)C(=O)OC(=O)C(C)=C(OC(=O)C(=C)C)OC(=O)C(=C)C. The van der Waals surface area contributed by atoms with Gasteiger partial charge in [-0.05, 0) is 27.7 Å². The number of rotatable bonds is 6. The monoisotopic (exact) mass is 322 g/mol. The van der Waals surface area contributed by atoms with E-state index in [9.17, 15) is 19.2 Å². The van der Waals surface area contributed by atoms with Crippen LogP contribution in [0.3, 0.4) is 0 Å². The van der Waals surface area contributed by atoms with E-state index in [1.165, 1.54) is 20.8 Å². The molecule has 0 saturated heterocycles. The van der Waals surface area contributed by atoms with Gasteiger partial charge in [-0.25, -0.2) is 19.2 Å². The van der Waals surface area contributed by atoms with E-state index in [2.05, 4.69) is 24.5 Å². The molecule has 7 heteroatoms. The molecule has 23 heavy (non-hydrogen) atoms. The number of ether oxygens (including phenoxy) is 3. The minimum Gasteiger partial charge on any atom is -0.389 e. The van der Waals surface area contributed by atoms with Crippen LogP contribution in [0.1, 0.15) is 27.7 Å². The lowest BCUT2D eigenvalue weighted by Crippen LogP contribution is -2.19. The van der Waals surface area contributed by atoms with Gasteiger partial charge in [-0.2, -0.15) is 0 Å². The molecule has 0 aliphatic carbocycles. The number of hydrogen-bond donors (Lipinski definition) is 0. The smallest absolute Gasteiger partial charge is 0.348 e. The van der Waals surface area contributed by atoms with Crippen LogP contribution in [0.15, 0.2) is 48.0 Å². The topological polar surface area (TPSA) is 96.0 Å². The van der Waals surface area contributed by atoms with Crippen molar-refractivity contribution in [3.8, 4) is 0 Å². The summed E-state index contributed by atoms with van der Waals surface area (Å²) in [5.74, 6) is -4.69. The van der Waals surface area contributed by atoms with Gasteiger partial charge in [-0.3, -0.25) is 0 Å². The van der Waals surface area contributed by atoms with Crippen LogP contribution in [0.25, 0.3) is 0 Å². The molecule has 0 saturated carbocycles. The molecule has 0 aromatic heterocycles. The van der Waals surface area contributed by atoms with Gasteiger partial charge in [-0.15, -0.1) is 0 Å². The van der Waals surface area contributed by atoms with Crippen molar-refractivity contribution < 1.29 is 33.4 Å². The van der Waals surface area contributed by atoms with Crippen molar-refractivity contribution in [1.29, 1.82) is 0 Å². The first-order chi connectivity index (χ1) is 10.5. The van der Waals surface area contributed by atoms with E-state index in [-0.39, 0.29) is 16.7 Å². The van der Waals surface area contributed by atoms with Crippen LogP contribution in [-0.4, -0.2) is 23.9 Å². The maximum atomic E-state index is 11.8. The van der Waals surface area contributed by atoms with E-state index in [1.807, 2.05) is 0 Å². The molecule has 124 valence electrons. The van der Waals surface area contributed by atoms with Crippen molar-refractivity contribution in [2.75, 3.05) is 0 Å². The average molecular weight is 322 g/mol. The zero-order valence-corrected chi connectivity index (χ0v) is 13.5.